The quantitative estimate of drug-likeness (QED) is 0.278. The number of primary amides is 1. The molecule has 0 saturated carbocycles. The van der Waals surface area contributed by atoms with Crippen molar-refractivity contribution < 1.29 is 34.1 Å². The summed E-state index contributed by atoms with van der Waals surface area (Å²) in [5, 5.41) is 23.6. The van der Waals surface area contributed by atoms with Crippen LogP contribution >= 0.6 is 11.8 Å². The fourth-order valence-corrected chi connectivity index (χ4v) is 5.14. The molecule has 3 aliphatic heterocycles. The molecule has 166 valence electrons. The lowest BCUT2D eigenvalue weighted by atomic mass is 9.91. The second-order valence-electron chi connectivity index (χ2n) is 7.35. The van der Waals surface area contributed by atoms with Crippen molar-refractivity contribution in [3.05, 3.63) is 29.0 Å². The summed E-state index contributed by atoms with van der Waals surface area (Å²) in [5.41, 5.74) is 5.50. The molecule has 15 heteroatoms. The number of likely N-dealkylation sites (tertiary alicyclic amines) is 1. The summed E-state index contributed by atoms with van der Waals surface area (Å²) in [7, 11) is 0. The number of β-lactam (4-membered cyclic amide) rings is 1. The molecule has 0 unspecified atom stereocenters. The molecule has 2 fully saturated rings. The highest BCUT2D eigenvalue weighted by Gasteiger charge is 2.65. The van der Waals surface area contributed by atoms with Crippen molar-refractivity contribution in [2.75, 3.05) is 12.3 Å². The molecule has 0 aromatic carbocycles. The van der Waals surface area contributed by atoms with E-state index in [0.29, 0.717) is 10.7 Å². The number of carboxylic acids is 1. The number of aliphatic carboxylic acids is 1. The number of fused-ring (bicyclic) bond motifs is 1. The summed E-state index contributed by atoms with van der Waals surface area (Å²) in [6.07, 6.45) is -1.93. The first-order chi connectivity index (χ1) is 15.2. The van der Waals surface area contributed by atoms with Gasteiger partial charge in [-0.15, -0.1) is 5.10 Å². The first-order valence-corrected chi connectivity index (χ1v) is 10.3. The minimum Gasteiger partial charge on any atom is -0.487 e. The van der Waals surface area contributed by atoms with Crippen LogP contribution in [-0.4, -0.2) is 94.0 Å². The Bertz CT molecular complexity index is 1260. The number of nitrogens with zero attached hydrogens (tertiary/aromatic N) is 6. The Balaban J connectivity index is 1.47. The molecule has 5 rings (SSSR count). The number of ether oxygens (including phenoxy) is 1. The fraction of sp³-hybridized carbons (Fsp3) is 0.353. The number of amides is 3. The maximum atomic E-state index is 12.6. The van der Waals surface area contributed by atoms with Gasteiger partial charge in [-0.3, -0.25) is 19.4 Å². The van der Waals surface area contributed by atoms with Gasteiger partial charge in [-0.1, -0.05) is 11.8 Å². The van der Waals surface area contributed by atoms with E-state index >= 15 is 0 Å². The van der Waals surface area contributed by atoms with Crippen molar-refractivity contribution in [3.8, 4) is 0 Å². The van der Waals surface area contributed by atoms with Crippen LogP contribution in [0.4, 0.5) is 4.79 Å². The largest absolute Gasteiger partial charge is 0.487 e. The van der Waals surface area contributed by atoms with Gasteiger partial charge in [0, 0.05) is 5.69 Å². The molecule has 2 saturated heterocycles. The van der Waals surface area contributed by atoms with E-state index in [1.165, 1.54) is 4.52 Å². The fourth-order valence-electron chi connectivity index (χ4n) is 4.16. The lowest BCUT2D eigenvalue weighted by Gasteiger charge is -2.48. The van der Waals surface area contributed by atoms with Crippen molar-refractivity contribution in [1.29, 1.82) is 0 Å². The van der Waals surface area contributed by atoms with E-state index in [1.807, 2.05) is 0 Å². The zero-order valence-electron chi connectivity index (χ0n) is 16.3. The summed E-state index contributed by atoms with van der Waals surface area (Å²) in [5.74, 6) is -2.81. The second kappa shape index (κ2) is 6.81. The third-order valence-corrected chi connectivity index (χ3v) is 6.42. The number of aromatic nitrogens is 4. The zero-order valence-corrected chi connectivity index (χ0v) is 17.1. The molecule has 2 aromatic heterocycles. The molecule has 0 bridgehead atoms. The molecule has 0 spiro atoms. The van der Waals surface area contributed by atoms with Crippen LogP contribution in [0.1, 0.15) is 16.3 Å². The van der Waals surface area contributed by atoms with Gasteiger partial charge in [0.15, 0.2) is 5.70 Å². The molecule has 4 N–H and O–H groups in total. The van der Waals surface area contributed by atoms with Crippen molar-refractivity contribution in [3.63, 3.8) is 0 Å². The van der Waals surface area contributed by atoms with E-state index in [-0.39, 0.29) is 35.4 Å². The van der Waals surface area contributed by atoms with Gasteiger partial charge in [-0.2, -0.15) is 9.50 Å². The van der Waals surface area contributed by atoms with E-state index in [1.54, 1.807) is 13.0 Å². The third-order valence-electron chi connectivity index (χ3n) is 5.43. The second-order valence-corrected chi connectivity index (χ2v) is 8.34. The highest BCUT2D eigenvalue weighted by molar-refractivity contribution is 7.99. The summed E-state index contributed by atoms with van der Waals surface area (Å²) in [6, 6.07) is 0.0590. The van der Waals surface area contributed by atoms with Crippen molar-refractivity contribution >= 4 is 41.4 Å². The topological polar surface area (TPSA) is 194 Å². The smallest absolute Gasteiger partial charge is 0.408 e. The lowest BCUT2D eigenvalue weighted by molar-refractivity contribution is -0.160. The monoisotopic (exact) mass is 461 g/mol. The zero-order chi connectivity index (χ0) is 22.9. The number of carbonyl (C=O) groups excluding carboxylic acids is 2. The predicted octanol–water partition coefficient (Wildman–Crippen LogP) is -1.11. The molecular formula is C17H15N7O7S. The number of carboxylic acid groups (broad SMARTS) is 2. The molecule has 0 aliphatic carbocycles. The highest BCUT2D eigenvalue weighted by Crippen LogP contribution is 2.44. The number of rotatable bonds is 5. The van der Waals surface area contributed by atoms with Gasteiger partial charge < -0.3 is 20.7 Å². The maximum absolute atomic E-state index is 12.6. The average Bonchev–Trinajstić information content (AvgIpc) is 3.30. The van der Waals surface area contributed by atoms with Crippen molar-refractivity contribution in [2.24, 2.45) is 5.73 Å². The highest BCUT2D eigenvalue weighted by atomic mass is 32.2. The Morgan fingerprint density at radius 1 is 1.31 bits per heavy atom. The Labute approximate surface area is 182 Å². The SMILES string of the molecule is Cc1cc(SCC2=C(C(=O)O)N3C(=O)[C@@H]4[C@H]3[C@@H](CN4C(=O)O)O2)n2nc(C(N)=O)nc2n1. The molecule has 2 aromatic rings. The van der Waals surface area contributed by atoms with Gasteiger partial charge in [-0.05, 0) is 13.0 Å². The van der Waals surface area contributed by atoms with E-state index in [4.69, 9.17) is 10.5 Å². The molecule has 14 nitrogen and oxygen atoms in total. The van der Waals surface area contributed by atoms with Crippen LogP contribution in [-0.2, 0) is 14.3 Å². The predicted molar refractivity (Wildman–Crippen MR) is 103 cm³/mol. The number of aryl methyl sites for hydroxylation is 1. The van der Waals surface area contributed by atoms with Gasteiger partial charge >= 0.3 is 12.1 Å². The number of carbonyl (C=O) groups is 4. The van der Waals surface area contributed by atoms with Crippen LogP contribution in [0.2, 0.25) is 0 Å². The van der Waals surface area contributed by atoms with Crippen LogP contribution < -0.4 is 5.73 Å². The summed E-state index contributed by atoms with van der Waals surface area (Å²) >= 11 is 1.13. The summed E-state index contributed by atoms with van der Waals surface area (Å²) in [4.78, 5) is 57.6. The van der Waals surface area contributed by atoms with Crippen molar-refractivity contribution in [1.82, 2.24) is 29.4 Å². The molecule has 3 aliphatic rings. The Hall–Kier alpha value is -3.88. The van der Waals surface area contributed by atoms with Crippen LogP contribution in [0.15, 0.2) is 22.5 Å². The number of hydrogen-bond donors (Lipinski definition) is 3. The molecular weight excluding hydrogens is 446 g/mol. The first-order valence-electron chi connectivity index (χ1n) is 9.30. The molecule has 32 heavy (non-hydrogen) atoms. The normalized spacial score (nSPS) is 23.8. The summed E-state index contributed by atoms with van der Waals surface area (Å²) in [6.45, 7) is 1.67. The minimum absolute atomic E-state index is 0.00328. The van der Waals surface area contributed by atoms with Gasteiger partial charge in [-0.25, -0.2) is 14.6 Å². The van der Waals surface area contributed by atoms with Crippen molar-refractivity contribution in [2.45, 2.75) is 30.1 Å². The van der Waals surface area contributed by atoms with E-state index in [0.717, 1.165) is 21.6 Å². The Morgan fingerprint density at radius 3 is 2.72 bits per heavy atom. The molecule has 3 atom stereocenters. The first kappa shape index (κ1) is 20.0. The molecule has 0 radical (unpaired) electrons. The molecule has 3 amide bonds. The Kier molecular flexibility index (Phi) is 4.27. The lowest BCUT2D eigenvalue weighted by Crippen LogP contribution is -2.70. The average molecular weight is 461 g/mol. The van der Waals surface area contributed by atoms with Crippen LogP contribution in [0.3, 0.4) is 0 Å². The van der Waals surface area contributed by atoms with E-state index < -0.39 is 42.1 Å². The molecule has 5 heterocycles. The minimum atomic E-state index is -1.35. The Morgan fingerprint density at radius 2 is 2.06 bits per heavy atom. The summed E-state index contributed by atoms with van der Waals surface area (Å²) < 4.78 is 7.17. The van der Waals surface area contributed by atoms with Crippen LogP contribution in [0.5, 0.6) is 0 Å². The standard InChI is InChI=1S/C17H15N7O7S/c1-5-2-8(24-16(19-5)20-13(21-24)12(18)25)32-4-7-10(15(27)28)23-9-6(31-7)3-22(17(29)30)11(9)14(23)26/h2,6,9,11H,3-4H2,1H3,(H2,18,25)(H,27,28)(H,29,30)/t6-,9-,11+/m1/s1. The number of thioether (sulfide) groups is 1. The van der Waals surface area contributed by atoms with E-state index in [2.05, 4.69) is 15.1 Å². The maximum Gasteiger partial charge on any atom is 0.408 e. The van der Waals surface area contributed by atoms with Crippen LogP contribution in [0.25, 0.3) is 5.78 Å². The number of hydrogen-bond acceptors (Lipinski definition) is 9. The van der Waals surface area contributed by atoms with E-state index in [9.17, 15) is 29.4 Å². The third kappa shape index (κ3) is 2.77. The van der Waals surface area contributed by atoms with Crippen LogP contribution in [0, 0.1) is 6.92 Å². The number of nitrogens with two attached hydrogens (primary N) is 1. The van der Waals surface area contributed by atoms with Gasteiger partial charge in [0.05, 0.1) is 12.3 Å². The van der Waals surface area contributed by atoms with Gasteiger partial charge in [0.25, 0.3) is 17.6 Å². The van der Waals surface area contributed by atoms with Gasteiger partial charge in [0.2, 0.25) is 5.82 Å². The van der Waals surface area contributed by atoms with Gasteiger partial charge in [0.1, 0.15) is 29.0 Å².